The predicted molar refractivity (Wildman–Crippen MR) is 96.7 cm³/mol. The first-order valence-electron chi connectivity index (χ1n) is 8.72. The molecule has 25 heavy (non-hydrogen) atoms. The summed E-state index contributed by atoms with van der Waals surface area (Å²) in [5.74, 6) is 1.55. The first-order chi connectivity index (χ1) is 12.2. The molecule has 0 radical (unpaired) electrons. The summed E-state index contributed by atoms with van der Waals surface area (Å²) in [7, 11) is 0. The average molecular weight is 340 g/mol. The highest BCUT2D eigenvalue weighted by Crippen LogP contribution is 2.20. The summed E-state index contributed by atoms with van der Waals surface area (Å²) >= 11 is 0. The molecule has 2 heterocycles. The van der Waals surface area contributed by atoms with E-state index in [0.29, 0.717) is 19.5 Å². The molecule has 0 saturated carbocycles. The Morgan fingerprint density at radius 2 is 1.80 bits per heavy atom. The molecule has 1 saturated heterocycles. The molecule has 6 nitrogen and oxygen atoms in total. The zero-order valence-electron chi connectivity index (χ0n) is 14.8. The Balaban J connectivity index is 1.60. The largest absolute Gasteiger partial charge is 0.480 e. The average Bonchev–Trinajstić information content (AvgIpc) is 2.68. The number of aryl methyl sites for hydroxylation is 1. The van der Waals surface area contributed by atoms with Crippen LogP contribution < -0.4 is 9.64 Å². The molecule has 1 atom stereocenters. The zero-order valence-corrected chi connectivity index (χ0v) is 14.8. The van der Waals surface area contributed by atoms with E-state index in [-0.39, 0.29) is 5.91 Å². The number of anilines is 1. The molecule has 1 aromatic heterocycles. The summed E-state index contributed by atoms with van der Waals surface area (Å²) in [5, 5.41) is 0. The molecule has 132 valence electrons. The van der Waals surface area contributed by atoms with Gasteiger partial charge in [0.2, 0.25) is 5.95 Å². The minimum Gasteiger partial charge on any atom is -0.480 e. The monoisotopic (exact) mass is 340 g/mol. The van der Waals surface area contributed by atoms with Gasteiger partial charge in [-0.05, 0) is 31.0 Å². The molecule has 0 N–H and O–H groups in total. The Hall–Kier alpha value is -2.63. The molecule has 1 aliphatic rings. The fourth-order valence-corrected chi connectivity index (χ4v) is 2.94. The van der Waals surface area contributed by atoms with E-state index in [4.69, 9.17) is 4.74 Å². The molecule has 0 aliphatic carbocycles. The van der Waals surface area contributed by atoms with Gasteiger partial charge in [-0.25, -0.2) is 9.97 Å². The Kier molecular flexibility index (Phi) is 5.48. The summed E-state index contributed by atoms with van der Waals surface area (Å²) in [4.78, 5) is 25.4. The van der Waals surface area contributed by atoms with Gasteiger partial charge in [0, 0.05) is 38.6 Å². The Bertz CT molecular complexity index is 700. The Morgan fingerprint density at radius 1 is 1.12 bits per heavy atom. The van der Waals surface area contributed by atoms with Gasteiger partial charge in [0.15, 0.2) is 6.10 Å². The molecular formula is C19H24N4O2. The number of amides is 1. The maximum atomic E-state index is 12.8. The standard InChI is InChI=1S/C19H24N4O2/c1-3-16(25-17-8-5-4-7-15(17)2)18(24)22-11-13-23(14-12-22)19-20-9-6-10-21-19/h4-10,16H,3,11-14H2,1-2H3. The van der Waals surface area contributed by atoms with E-state index in [1.54, 1.807) is 18.5 Å². The lowest BCUT2D eigenvalue weighted by molar-refractivity contribution is -0.139. The first kappa shape index (κ1) is 17.2. The van der Waals surface area contributed by atoms with Crippen LogP contribution in [0.1, 0.15) is 18.9 Å². The number of hydrogen-bond donors (Lipinski definition) is 0. The maximum absolute atomic E-state index is 12.8. The van der Waals surface area contributed by atoms with Gasteiger partial charge in [-0.1, -0.05) is 25.1 Å². The number of rotatable bonds is 5. The van der Waals surface area contributed by atoms with Crippen LogP contribution in [0.4, 0.5) is 5.95 Å². The number of nitrogens with zero attached hydrogens (tertiary/aromatic N) is 4. The molecule has 3 rings (SSSR count). The van der Waals surface area contributed by atoms with E-state index >= 15 is 0 Å². The lowest BCUT2D eigenvalue weighted by Gasteiger charge is -2.36. The number of benzene rings is 1. The summed E-state index contributed by atoms with van der Waals surface area (Å²) in [6.07, 6.45) is 3.68. The highest BCUT2D eigenvalue weighted by Gasteiger charge is 2.28. The number of para-hydroxylation sites is 1. The van der Waals surface area contributed by atoms with Crippen LogP contribution in [-0.2, 0) is 4.79 Å². The number of piperazine rings is 1. The summed E-state index contributed by atoms with van der Waals surface area (Å²) < 4.78 is 5.99. The number of carbonyl (C=O) groups is 1. The van der Waals surface area contributed by atoms with Crippen LogP contribution in [0, 0.1) is 6.92 Å². The topological polar surface area (TPSA) is 58.6 Å². The van der Waals surface area contributed by atoms with E-state index < -0.39 is 6.10 Å². The third-order valence-electron chi connectivity index (χ3n) is 4.44. The molecule has 1 aromatic carbocycles. The fourth-order valence-electron chi connectivity index (χ4n) is 2.94. The first-order valence-corrected chi connectivity index (χ1v) is 8.72. The van der Waals surface area contributed by atoms with Gasteiger partial charge in [0.1, 0.15) is 5.75 Å². The number of hydrogen-bond acceptors (Lipinski definition) is 5. The van der Waals surface area contributed by atoms with Crippen LogP contribution in [-0.4, -0.2) is 53.1 Å². The minimum absolute atomic E-state index is 0.0550. The lowest BCUT2D eigenvalue weighted by atomic mass is 10.2. The smallest absolute Gasteiger partial charge is 0.263 e. The fraction of sp³-hybridized carbons (Fsp3) is 0.421. The molecule has 0 bridgehead atoms. The van der Waals surface area contributed by atoms with E-state index in [1.165, 1.54) is 0 Å². The van der Waals surface area contributed by atoms with Crippen molar-refractivity contribution in [2.75, 3.05) is 31.1 Å². The molecular weight excluding hydrogens is 316 g/mol. The third kappa shape index (κ3) is 4.07. The SMILES string of the molecule is CCC(Oc1ccccc1C)C(=O)N1CCN(c2ncccn2)CC1. The van der Waals surface area contributed by atoms with Crippen molar-refractivity contribution in [2.24, 2.45) is 0 Å². The molecule has 1 unspecified atom stereocenters. The number of carbonyl (C=O) groups excluding carboxylic acids is 1. The van der Waals surface area contributed by atoms with Gasteiger partial charge in [0.25, 0.3) is 5.91 Å². The highest BCUT2D eigenvalue weighted by atomic mass is 16.5. The Labute approximate surface area is 148 Å². The second kappa shape index (κ2) is 7.96. The van der Waals surface area contributed by atoms with E-state index in [2.05, 4.69) is 14.9 Å². The van der Waals surface area contributed by atoms with E-state index in [1.807, 2.05) is 43.0 Å². The number of aromatic nitrogens is 2. The second-order valence-corrected chi connectivity index (χ2v) is 6.14. The Morgan fingerprint density at radius 3 is 2.44 bits per heavy atom. The predicted octanol–water partition coefficient (Wildman–Crippen LogP) is 2.29. The molecule has 6 heteroatoms. The minimum atomic E-state index is -0.444. The summed E-state index contributed by atoms with van der Waals surface area (Å²) in [6.45, 7) is 6.75. The van der Waals surface area contributed by atoms with Gasteiger partial charge < -0.3 is 14.5 Å². The quantitative estimate of drug-likeness (QED) is 0.836. The van der Waals surface area contributed by atoms with Crippen molar-refractivity contribution >= 4 is 11.9 Å². The van der Waals surface area contributed by atoms with Crippen LogP contribution in [0.5, 0.6) is 5.75 Å². The highest BCUT2D eigenvalue weighted by molar-refractivity contribution is 5.81. The van der Waals surface area contributed by atoms with Gasteiger partial charge in [-0.3, -0.25) is 4.79 Å². The summed E-state index contributed by atoms with van der Waals surface area (Å²) in [6, 6.07) is 9.60. The van der Waals surface area contributed by atoms with Crippen molar-refractivity contribution in [1.29, 1.82) is 0 Å². The van der Waals surface area contributed by atoms with Crippen LogP contribution in [0.3, 0.4) is 0 Å². The van der Waals surface area contributed by atoms with Crippen molar-refractivity contribution < 1.29 is 9.53 Å². The van der Waals surface area contributed by atoms with Crippen LogP contribution in [0.25, 0.3) is 0 Å². The van der Waals surface area contributed by atoms with E-state index in [0.717, 1.165) is 30.4 Å². The molecule has 0 spiro atoms. The van der Waals surface area contributed by atoms with Crippen molar-refractivity contribution in [3.8, 4) is 5.75 Å². The normalized spacial score (nSPS) is 15.8. The van der Waals surface area contributed by atoms with Crippen molar-refractivity contribution in [2.45, 2.75) is 26.4 Å². The van der Waals surface area contributed by atoms with Crippen LogP contribution in [0.15, 0.2) is 42.7 Å². The summed E-state index contributed by atoms with van der Waals surface area (Å²) in [5.41, 5.74) is 1.04. The third-order valence-corrected chi connectivity index (χ3v) is 4.44. The second-order valence-electron chi connectivity index (χ2n) is 6.14. The van der Waals surface area contributed by atoms with Gasteiger partial charge in [0.05, 0.1) is 0 Å². The molecule has 1 amide bonds. The van der Waals surface area contributed by atoms with Crippen molar-refractivity contribution in [1.82, 2.24) is 14.9 Å². The van der Waals surface area contributed by atoms with Crippen molar-refractivity contribution in [3.05, 3.63) is 48.3 Å². The van der Waals surface area contributed by atoms with Gasteiger partial charge >= 0.3 is 0 Å². The lowest BCUT2D eigenvalue weighted by Crippen LogP contribution is -2.52. The van der Waals surface area contributed by atoms with Gasteiger partial charge in [-0.15, -0.1) is 0 Å². The molecule has 2 aromatic rings. The van der Waals surface area contributed by atoms with Crippen LogP contribution in [0.2, 0.25) is 0 Å². The van der Waals surface area contributed by atoms with E-state index in [9.17, 15) is 4.79 Å². The maximum Gasteiger partial charge on any atom is 0.263 e. The molecule has 1 fully saturated rings. The number of ether oxygens (including phenoxy) is 1. The van der Waals surface area contributed by atoms with Crippen LogP contribution >= 0.6 is 0 Å². The van der Waals surface area contributed by atoms with Crippen molar-refractivity contribution in [3.63, 3.8) is 0 Å². The molecule has 1 aliphatic heterocycles. The zero-order chi connectivity index (χ0) is 17.6. The van der Waals surface area contributed by atoms with Gasteiger partial charge in [-0.2, -0.15) is 0 Å².